The van der Waals surface area contributed by atoms with Crippen molar-refractivity contribution >= 4 is 17.6 Å². The highest BCUT2D eigenvalue weighted by Gasteiger charge is 2.51. The maximum atomic E-state index is 12.6. The van der Waals surface area contributed by atoms with Crippen molar-refractivity contribution in [2.45, 2.75) is 32.8 Å². The largest absolute Gasteiger partial charge is 0.491 e. The second kappa shape index (κ2) is 6.67. The lowest BCUT2D eigenvalue weighted by Gasteiger charge is -2.24. The van der Waals surface area contributed by atoms with Gasteiger partial charge < -0.3 is 15.2 Å². The van der Waals surface area contributed by atoms with Crippen LogP contribution in [0.1, 0.15) is 26.7 Å². The van der Waals surface area contributed by atoms with Gasteiger partial charge in [-0.25, -0.2) is 0 Å². The van der Waals surface area contributed by atoms with E-state index < -0.39 is 17.8 Å². The quantitative estimate of drug-likeness (QED) is 0.785. The Bertz CT molecular complexity index is 652. The first-order valence-corrected chi connectivity index (χ1v) is 8.48. The van der Waals surface area contributed by atoms with Crippen LogP contribution < -0.4 is 10.1 Å². The van der Waals surface area contributed by atoms with Gasteiger partial charge in [-0.15, -0.1) is 0 Å². The topological polar surface area (TPSA) is 75.6 Å². The molecule has 5 nitrogen and oxygen atoms in total. The molecule has 24 heavy (non-hydrogen) atoms. The van der Waals surface area contributed by atoms with E-state index in [1.165, 1.54) is 0 Å². The Kier molecular flexibility index (Phi) is 4.60. The molecule has 1 aromatic rings. The van der Waals surface area contributed by atoms with Crippen molar-refractivity contribution in [1.82, 2.24) is 0 Å². The summed E-state index contributed by atoms with van der Waals surface area (Å²) in [5.74, 6) is -1.44. The van der Waals surface area contributed by atoms with E-state index in [1.807, 2.05) is 31.2 Å². The molecule has 0 spiro atoms. The molecule has 1 fully saturated rings. The summed E-state index contributed by atoms with van der Waals surface area (Å²) in [6, 6.07) is 7.21. The number of carbonyl (C=O) groups is 2. The van der Waals surface area contributed by atoms with Gasteiger partial charge in [0.15, 0.2) is 0 Å². The Morgan fingerprint density at radius 2 is 1.83 bits per heavy atom. The minimum atomic E-state index is -0.885. The summed E-state index contributed by atoms with van der Waals surface area (Å²) >= 11 is 0. The molecule has 128 valence electrons. The van der Waals surface area contributed by atoms with Crippen LogP contribution in [0.2, 0.25) is 0 Å². The van der Waals surface area contributed by atoms with Crippen molar-refractivity contribution in [3.63, 3.8) is 0 Å². The SMILES string of the molecule is CCC(C)Oc1ccc(NC(=O)C2C3C=CC(C3)C2C(=O)O)cc1. The number of benzene rings is 1. The number of hydrogen-bond donors (Lipinski definition) is 2. The van der Waals surface area contributed by atoms with Crippen LogP contribution in [0.25, 0.3) is 0 Å². The Morgan fingerprint density at radius 3 is 2.42 bits per heavy atom. The van der Waals surface area contributed by atoms with Crippen LogP contribution in [-0.2, 0) is 9.59 Å². The molecule has 1 amide bonds. The smallest absolute Gasteiger partial charge is 0.307 e. The highest BCUT2D eigenvalue weighted by atomic mass is 16.5. The number of carbonyl (C=O) groups excluding carboxylic acids is 1. The third-order valence-corrected chi connectivity index (χ3v) is 5.08. The second-order valence-electron chi connectivity index (χ2n) is 6.69. The van der Waals surface area contributed by atoms with Crippen LogP contribution in [-0.4, -0.2) is 23.1 Å². The summed E-state index contributed by atoms with van der Waals surface area (Å²) in [5, 5.41) is 12.3. The summed E-state index contributed by atoms with van der Waals surface area (Å²) in [5.41, 5.74) is 0.660. The maximum Gasteiger partial charge on any atom is 0.307 e. The first-order valence-electron chi connectivity index (χ1n) is 8.48. The van der Waals surface area contributed by atoms with E-state index in [0.29, 0.717) is 5.69 Å². The number of hydrogen-bond acceptors (Lipinski definition) is 3. The zero-order valence-electron chi connectivity index (χ0n) is 13.9. The number of amides is 1. The molecule has 2 bridgehead atoms. The number of carboxylic acid groups (broad SMARTS) is 1. The molecule has 3 rings (SSSR count). The number of ether oxygens (including phenoxy) is 1. The molecule has 1 saturated carbocycles. The van der Waals surface area contributed by atoms with E-state index in [0.717, 1.165) is 18.6 Å². The van der Waals surface area contributed by atoms with Crippen LogP contribution in [0.15, 0.2) is 36.4 Å². The van der Waals surface area contributed by atoms with Crippen molar-refractivity contribution in [2.24, 2.45) is 23.7 Å². The van der Waals surface area contributed by atoms with Gasteiger partial charge in [0.1, 0.15) is 5.75 Å². The maximum absolute atomic E-state index is 12.6. The highest BCUT2D eigenvalue weighted by Crippen LogP contribution is 2.48. The first-order chi connectivity index (χ1) is 11.5. The molecule has 5 heteroatoms. The molecular weight excluding hydrogens is 306 g/mol. The minimum absolute atomic E-state index is 0.0189. The first kappa shape index (κ1) is 16.6. The number of rotatable bonds is 6. The Labute approximate surface area is 141 Å². The molecule has 2 N–H and O–H groups in total. The molecule has 0 radical (unpaired) electrons. The number of fused-ring (bicyclic) bond motifs is 2. The van der Waals surface area contributed by atoms with Gasteiger partial charge in [0.05, 0.1) is 17.9 Å². The van der Waals surface area contributed by atoms with E-state index in [4.69, 9.17) is 4.74 Å². The van der Waals surface area contributed by atoms with Crippen molar-refractivity contribution in [1.29, 1.82) is 0 Å². The molecule has 0 aliphatic heterocycles. The van der Waals surface area contributed by atoms with Crippen LogP contribution in [0.4, 0.5) is 5.69 Å². The predicted octanol–water partition coefficient (Wildman–Crippen LogP) is 3.33. The van der Waals surface area contributed by atoms with Gasteiger partial charge in [0.2, 0.25) is 5.91 Å². The van der Waals surface area contributed by atoms with Crippen molar-refractivity contribution in [3.05, 3.63) is 36.4 Å². The van der Waals surface area contributed by atoms with Crippen LogP contribution in [0.3, 0.4) is 0 Å². The lowest BCUT2D eigenvalue weighted by molar-refractivity contribution is -0.146. The third kappa shape index (κ3) is 3.16. The molecule has 1 aromatic carbocycles. The average molecular weight is 329 g/mol. The fourth-order valence-electron chi connectivity index (χ4n) is 3.67. The van der Waals surface area contributed by atoms with Crippen molar-refractivity contribution in [3.8, 4) is 5.75 Å². The molecule has 0 heterocycles. The van der Waals surface area contributed by atoms with E-state index >= 15 is 0 Å². The van der Waals surface area contributed by atoms with Crippen LogP contribution >= 0.6 is 0 Å². The normalized spacial score (nSPS) is 28.6. The lowest BCUT2D eigenvalue weighted by atomic mass is 9.82. The summed E-state index contributed by atoms with van der Waals surface area (Å²) in [7, 11) is 0. The van der Waals surface area contributed by atoms with E-state index in [9.17, 15) is 14.7 Å². The summed E-state index contributed by atoms with van der Waals surface area (Å²) < 4.78 is 5.71. The van der Waals surface area contributed by atoms with Gasteiger partial charge in [-0.1, -0.05) is 19.1 Å². The van der Waals surface area contributed by atoms with Crippen molar-refractivity contribution in [2.75, 3.05) is 5.32 Å². The van der Waals surface area contributed by atoms with Gasteiger partial charge >= 0.3 is 5.97 Å². The van der Waals surface area contributed by atoms with E-state index in [2.05, 4.69) is 12.2 Å². The second-order valence-corrected chi connectivity index (χ2v) is 6.69. The molecule has 2 aliphatic rings. The number of carboxylic acids is 1. The minimum Gasteiger partial charge on any atom is -0.491 e. The third-order valence-electron chi connectivity index (χ3n) is 5.08. The number of aliphatic carboxylic acids is 1. The van der Waals surface area contributed by atoms with Gasteiger partial charge in [0.25, 0.3) is 0 Å². The summed E-state index contributed by atoms with van der Waals surface area (Å²) in [4.78, 5) is 24.1. The highest BCUT2D eigenvalue weighted by molar-refractivity contribution is 5.96. The Balaban J connectivity index is 1.66. The molecule has 0 saturated heterocycles. The average Bonchev–Trinajstić information content (AvgIpc) is 3.17. The summed E-state index contributed by atoms with van der Waals surface area (Å²) in [6.45, 7) is 4.06. The fraction of sp³-hybridized carbons (Fsp3) is 0.474. The Hall–Kier alpha value is -2.30. The molecule has 2 aliphatic carbocycles. The zero-order chi connectivity index (χ0) is 17.3. The molecule has 5 unspecified atom stereocenters. The standard InChI is InChI=1S/C19H23NO4/c1-3-11(2)24-15-8-6-14(7-9-15)20-18(21)16-12-4-5-13(10-12)17(16)19(22)23/h4-9,11-13,16-17H,3,10H2,1-2H3,(H,20,21)(H,22,23). The van der Waals surface area contributed by atoms with Crippen LogP contribution in [0, 0.1) is 23.7 Å². The number of allylic oxidation sites excluding steroid dienone is 2. The monoisotopic (exact) mass is 329 g/mol. The fourth-order valence-corrected chi connectivity index (χ4v) is 3.67. The van der Waals surface area contributed by atoms with Crippen molar-refractivity contribution < 1.29 is 19.4 Å². The van der Waals surface area contributed by atoms with Crippen LogP contribution in [0.5, 0.6) is 5.75 Å². The molecule has 0 aromatic heterocycles. The Morgan fingerprint density at radius 1 is 1.21 bits per heavy atom. The van der Waals surface area contributed by atoms with E-state index in [-0.39, 0.29) is 23.8 Å². The zero-order valence-corrected chi connectivity index (χ0v) is 13.9. The number of nitrogens with one attached hydrogen (secondary N) is 1. The van der Waals surface area contributed by atoms with Gasteiger partial charge in [0, 0.05) is 5.69 Å². The molecular formula is C19H23NO4. The van der Waals surface area contributed by atoms with Gasteiger partial charge in [-0.05, 0) is 55.9 Å². The number of anilines is 1. The van der Waals surface area contributed by atoms with Gasteiger partial charge in [-0.3, -0.25) is 9.59 Å². The lowest BCUT2D eigenvalue weighted by Crippen LogP contribution is -2.36. The molecule has 5 atom stereocenters. The summed E-state index contributed by atoms with van der Waals surface area (Å²) in [6.07, 6.45) is 5.75. The predicted molar refractivity (Wildman–Crippen MR) is 90.8 cm³/mol. The van der Waals surface area contributed by atoms with Gasteiger partial charge in [-0.2, -0.15) is 0 Å². The van der Waals surface area contributed by atoms with E-state index in [1.54, 1.807) is 12.1 Å².